The van der Waals surface area contributed by atoms with Gasteiger partial charge >= 0.3 is 0 Å². The second kappa shape index (κ2) is 8.92. The highest BCUT2D eigenvalue weighted by Crippen LogP contribution is 2.32. The van der Waals surface area contributed by atoms with Crippen molar-refractivity contribution >= 4 is 34.8 Å². The Bertz CT molecular complexity index is 787. The van der Waals surface area contributed by atoms with Crippen molar-refractivity contribution in [3.63, 3.8) is 0 Å². The van der Waals surface area contributed by atoms with Crippen LogP contribution in [0.3, 0.4) is 0 Å². The first-order chi connectivity index (χ1) is 13.1. The molecule has 1 fully saturated rings. The molecule has 2 N–H and O–H groups in total. The Hall–Kier alpha value is -2.52. The Balaban J connectivity index is 1.69. The average molecular weight is 391 g/mol. The van der Waals surface area contributed by atoms with Crippen LogP contribution >= 0.6 is 11.8 Å². The summed E-state index contributed by atoms with van der Waals surface area (Å²) in [5.74, 6) is 0.534. The fourth-order valence-corrected chi connectivity index (χ4v) is 3.30. The van der Waals surface area contributed by atoms with E-state index < -0.39 is 0 Å². The van der Waals surface area contributed by atoms with Gasteiger partial charge in [0.05, 0.1) is 24.7 Å². The molecule has 1 aromatic carbocycles. The number of hydrogen-bond acceptors (Lipinski definition) is 7. The monoisotopic (exact) mass is 391 g/mol. The maximum absolute atomic E-state index is 12.2. The summed E-state index contributed by atoms with van der Waals surface area (Å²) in [7, 11) is 0. The van der Waals surface area contributed by atoms with Gasteiger partial charge in [-0.2, -0.15) is 4.99 Å². The standard InChI is InChI=1S/C18H21N3O5S/c1-2-25-14-9-12(10-15-17(23)20-18(19)27-15)3-4-13(14)26-11-16(22)21-5-7-24-8-6-21/h3-4,9-10H,2,5-8,11H2,1H3,(H2,19,20,23)/b15-10-. The fourth-order valence-electron chi connectivity index (χ4n) is 2.62. The lowest BCUT2D eigenvalue weighted by atomic mass is 10.2. The third-order valence-electron chi connectivity index (χ3n) is 3.92. The van der Waals surface area contributed by atoms with Gasteiger partial charge in [0.15, 0.2) is 23.3 Å². The third kappa shape index (κ3) is 5.01. The zero-order chi connectivity index (χ0) is 19.2. The van der Waals surface area contributed by atoms with Crippen LogP contribution in [0, 0.1) is 0 Å². The molecule has 0 saturated carbocycles. The fraction of sp³-hybridized carbons (Fsp3) is 0.389. The molecular weight excluding hydrogens is 370 g/mol. The molecular formula is C18H21N3O5S. The van der Waals surface area contributed by atoms with Gasteiger partial charge in [-0.05, 0) is 42.5 Å². The second-order valence-corrected chi connectivity index (χ2v) is 6.85. The van der Waals surface area contributed by atoms with E-state index in [1.54, 1.807) is 29.2 Å². The van der Waals surface area contributed by atoms with Crippen LogP contribution in [0.5, 0.6) is 11.5 Å². The summed E-state index contributed by atoms with van der Waals surface area (Å²) >= 11 is 1.13. The van der Waals surface area contributed by atoms with E-state index in [0.717, 1.165) is 17.3 Å². The van der Waals surface area contributed by atoms with Gasteiger partial charge < -0.3 is 24.8 Å². The molecule has 144 valence electrons. The Kier molecular flexibility index (Phi) is 6.36. The summed E-state index contributed by atoms with van der Waals surface area (Å²) < 4.78 is 16.5. The van der Waals surface area contributed by atoms with Crippen molar-refractivity contribution in [3.8, 4) is 11.5 Å². The Morgan fingerprint density at radius 3 is 2.78 bits per heavy atom. The van der Waals surface area contributed by atoms with Crippen molar-refractivity contribution < 1.29 is 23.8 Å². The van der Waals surface area contributed by atoms with Crippen LogP contribution < -0.4 is 15.2 Å². The minimum atomic E-state index is -0.355. The number of aliphatic imine (C=N–C) groups is 1. The van der Waals surface area contributed by atoms with Crippen LogP contribution in [0.1, 0.15) is 12.5 Å². The number of carbonyl (C=O) groups is 2. The smallest absolute Gasteiger partial charge is 0.286 e. The minimum Gasteiger partial charge on any atom is -0.490 e. The highest BCUT2D eigenvalue weighted by molar-refractivity contribution is 8.18. The van der Waals surface area contributed by atoms with E-state index in [1.807, 2.05) is 6.92 Å². The molecule has 0 unspecified atom stereocenters. The molecule has 2 aliphatic heterocycles. The molecule has 2 aliphatic rings. The van der Waals surface area contributed by atoms with E-state index in [0.29, 0.717) is 49.3 Å². The summed E-state index contributed by atoms with van der Waals surface area (Å²) in [6, 6.07) is 5.26. The first-order valence-electron chi connectivity index (χ1n) is 8.60. The first-order valence-corrected chi connectivity index (χ1v) is 9.41. The Morgan fingerprint density at radius 1 is 1.33 bits per heavy atom. The summed E-state index contributed by atoms with van der Waals surface area (Å²) in [6.45, 7) is 4.47. The highest BCUT2D eigenvalue weighted by Gasteiger charge is 2.20. The van der Waals surface area contributed by atoms with Gasteiger partial charge in [0, 0.05) is 13.1 Å². The largest absolute Gasteiger partial charge is 0.490 e. The van der Waals surface area contributed by atoms with Gasteiger partial charge in [0.2, 0.25) is 0 Å². The lowest BCUT2D eigenvalue weighted by Gasteiger charge is -2.26. The molecule has 0 spiro atoms. The molecule has 0 atom stereocenters. The molecule has 0 aliphatic carbocycles. The molecule has 0 radical (unpaired) electrons. The molecule has 1 saturated heterocycles. The van der Waals surface area contributed by atoms with Crippen LogP contribution in [0.4, 0.5) is 0 Å². The number of amides is 2. The van der Waals surface area contributed by atoms with Crippen molar-refractivity contribution in [3.05, 3.63) is 28.7 Å². The molecule has 2 heterocycles. The molecule has 0 bridgehead atoms. The Labute approximate surface area is 161 Å². The van der Waals surface area contributed by atoms with Gasteiger partial charge in [-0.15, -0.1) is 0 Å². The number of rotatable bonds is 6. The maximum atomic E-state index is 12.2. The SMILES string of the molecule is CCOc1cc(/C=C2\SC(N)=NC2=O)ccc1OCC(=O)N1CCOCC1. The van der Waals surface area contributed by atoms with E-state index in [-0.39, 0.29) is 23.6 Å². The van der Waals surface area contributed by atoms with E-state index in [2.05, 4.69) is 4.99 Å². The zero-order valence-electron chi connectivity index (χ0n) is 15.0. The second-order valence-electron chi connectivity index (χ2n) is 5.79. The van der Waals surface area contributed by atoms with Gasteiger partial charge in [-0.25, -0.2) is 0 Å². The van der Waals surface area contributed by atoms with Crippen molar-refractivity contribution in [2.75, 3.05) is 39.5 Å². The lowest BCUT2D eigenvalue weighted by molar-refractivity contribution is -0.137. The molecule has 1 aromatic rings. The number of carbonyl (C=O) groups excluding carboxylic acids is 2. The highest BCUT2D eigenvalue weighted by atomic mass is 32.2. The number of nitrogens with zero attached hydrogens (tertiary/aromatic N) is 2. The topological polar surface area (TPSA) is 103 Å². The molecule has 3 rings (SSSR count). The van der Waals surface area contributed by atoms with E-state index in [9.17, 15) is 9.59 Å². The molecule has 8 nitrogen and oxygen atoms in total. The molecule has 2 amide bonds. The predicted octanol–water partition coefficient (Wildman–Crippen LogP) is 1.25. The summed E-state index contributed by atoms with van der Waals surface area (Å²) in [5.41, 5.74) is 6.32. The number of morpholine rings is 1. The molecule has 9 heteroatoms. The van der Waals surface area contributed by atoms with Crippen molar-refractivity contribution in [1.82, 2.24) is 4.90 Å². The van der Waals surface area contributed by atoms with Crippen LogP contribution in [-0.2, 0) is 14.3 Å². The van der Waals surface area contributed by atoms with Gasteiger partial charge in [-0.1, -0.05) is 6.07 Å². The number of ether oxygens (including phenoxy) is 3. The normalized spacial score (nSPS) is 18.6. The average Bonchev–Trinajstić information content (AvgIpc) is 2.98. The number of thioether (sulfide) groups is 1. The van der Waals surface area contributed by atoms with Crippen LogP contribution in [0.2, 0.25) is 0 Å². The summed E-state index contributed by atoms with van der Waals surface area (Å²) in [5, 5.41) is 0.234. The number of nitrogens with two attached hydrogens (primary N) is 1. The van der Waals surface area contributed by atoms with Crippen molar-refractivity contribution in [2.45, 2.75) is 6.92 Å². The van der Waals surface area contributed by atoms with Gasteiger partial charge in [0.1, 0.15) is 0 Å². The van der Waals surface area contributed by atoms with E-state index in [4.69, 9.17) is 19.9 Å². The number of benzene rings is 1. The predicted molar refractivity (Wildman–Crippen MR) is 103 cm³/mol. The van der Waals surface area contributed by atoms with E-state index >= 15 is 0 Å². The van der Waals surface area contributed by atoms with Crippen LogP contribution in [0.25, 0.3) is 6.08 Å². The first kappa shape index (κ1) is 19.2. The summed E-state index contributed by atoms with van der Waals surface area (Å²) in [4.78, 5) is 29.8. The third-order valence-corrected chi connectivity index (χ3v) is 4.73. The quantitative estimate of drug-likeness (QED) is 0.728. The van der Waals surface area contributed by atoms with Gasteiger partial charge in [0.25, 0.3) is 11.8 Å². The maximum Gasteiger partial charge on any atom is 0.286 e. The van der Waals surface area contributed by atoms with Crippen LogP contribution in [-0.4, -0.2) is 61.4 Å². The number of amidine groups is 1. The van der Waals surface area contributed by atoms with Crippen molar-refractivity contribution in [2.24, 2.45) is 10.7 Å². The Morgan fingerprint density at radius 2 is 2.11 bits per heavy atom. The summed E-state index contributed by atoms with van der Waals surface area (Å²) in [6.07, 6.45) is 1.70. The number of hydrogen-bond donors (Lipinski definition) is 1. The van der Waals surface area contributed by atoms with Crippen molar-refractivity contribution in [1.29, 1.82) is 0 Å². The molecule has 0 aromatic heterocycles. The lowest BCUT2D eigenvalue weighted by Crippen LogP contribution is -2.43. The van der Waals surface area contributed by atoms with Gasteiger partial charge in [-0.3, -0.25) is 9.59 Å². The minimum absolute atomic E-state index is 0.0702. The zero-order valence-corrected chi connectivity index (χ0v) is 15.8. The molecule has 27 heavy (non-hydrogen) atoms. The van der Waals surface area contributed by atoms with Crippen LogP contribution in [0.15, 0.2) is 28.1 Å². The van der Waals surface area contributed by atoms with E-state index in [1.165, 1.54) is 0 Å².